The summed E-state index contributed by atoms with van der Waals surface area (Å²) in [4.78, 5) is 0. The van der Waals surface area contributed by atoms with Crippen molar-refractivity contribution in [2.45, 2.75) is 44.4 Å². The molecule has 0 saturated heterocycles. The van der Waals surface area contributed by atoms with Gasteiger partial charge in [-0.1, -0.05) is 19.9 Å². The van der Waals surface area contributed by atoms with Gasteiger partial charge in [0, 0.05) is 11.3 Å². The minimum atomic E-state index is 0.238. The zero-order valence-electron chi connectivity index (χ0n) is 10.9. The largest absolute Gasteiger partial charge is 0.497 e. The highest BCUT2D eigenvalue weighted by Crippen LogP contribution is 2.39. The van der Waals surface area contributed by atoms with Gasteiger partial charge in [0.1, 0.15) is 5.75 Å². The Bertz CT molecular complexity index is 387. The molecule has 2 unspecified atom stereocenters. The lowest BCUT2D eigenvalue weighted by atomic mass is 9.78. The summed E-state index contributed by atoms with van der Waals surface area (Å²) >= 11 is 6.56. The number of halogens is 1. The van der Waals surface area contributed by atoms with E-state index in [1.165, 1.54) is 24.0 Å². The average molecular weight is 253 g/mol. The highest BCUT2D eigenvalue weighted by atomic mass is 35.5. The number of alkyl halides is 1. The van der Waals surface area contributed by atoms with Crippen molar-refractivity contribution in [3.8, 4) is 5.75 Å². The molecule has 2 rings (SSSR count). The molecule has 1 aromatic carbocycles. The first-order valence-electron chi connectivity index (χ1n) is 6.44. The lowest BCUT2D eigenvalue weighted by Crippen LogP contribution is -2.23. The van der Waals surface area contributed by atoms with E-state index in [9.17, 15) is 0 Å². The summed E-state index contributed by atoms with van der Waals surface area (Å²) in [5.74, 6) is 1.99. The number of hydrogen-bond acceptors (Lipinski definition) is 1. The Labute approximate surface area is 109 Å². The molecule has 0 bridgehead atoms. The number of hydrogen-bond donors (Lipinski definition) is 0. The maximum absolute atomic E-state index is 6.56. The third-order valence-electron chi connectivity index (χ3n) is 3.73. The van der Waals surface area contributed by atoms with Gasteiger partial charge in [0.05, 0.1) is 7.11 Å². The summed E-state index contributed by atoms with van der Waals surface area (Å²) in [6.07, 6.45) is 3.61. The van der Waals surface area contributed by atoms with Crippen LogP contribution in [0, 0.1) is 5.92 Å². The van der Waals surface area contributed by atoms with Gasteiger partial charge < -0.3 is 4.74 Å². The molecule has 1 aliphatic carbocycles. The molecule has 0 N–H and O–H groups in total. The van der Waals surface area contributed by atoms with Crippen LogP contribution < -0.4 is 4.74 Å². The molecule has 0 spiro atoms. The monoisotopic (exact) mass is 252 g/mol. The number of rotatable bonds is 3. The van der Waals surface area contributed by atoms with Crippen LogP contribution in [0.3, 0.4) is 0 Å². The van der Waals surface area contributed by atoms with E-state index in [1.807, 2.05) is 0 Å². The second-order valence-electron chi connectivity index (χ2n) is 5.25. The molecule has 2 heteroatoms. The Hall–Kier alpha value is -0.690. The highest BCUT2D eigenvalue weighted by molar-refractivity contribution is 6.21. The molecular weight excluding hydrogens is 232 g/mol. The van der Waals surface area contributed by atoms with Crippen LogP contribution >= 0.6 is 11.6 Å². The van der Waals surface area contributed by atoms with E-state index in [0.717, 1.165) is 12.2 Å². The summed E-state index contributed by atoms with van der Waals surface area (Å²) < 4.78 is 5.29. The predicted octanol–water partition coefficient (Wildman–Crippen LogP) is 4.38. The van der Waals surface area contributed by atoms with E-state index >= 15 is 0 Å². The van der Waals surface area contributed by atoms with Gasteiger partial charge in [0.15, 0.2) is 0 Å². The average Bonchev–Trinajstić information content (AvgIpc) is 2.36. The first-order chi connectivity index (χ1) is 8.13. The van der Waals surface area contributed by atoms with Crippen molar-refractivity contribution in [2.24, 2.45) is 5.92 Å². The molecule has 0 saturated carbocycles. The van der Waals surface area contributed by atoms with E-state index in [0.29, 0.717) is 11.8 Å². The van der Waals surface area contributed by atoms with Gasteiger partial charge in [0.2, 0.25) is 0 Å². The lowest BCUT2D eigenvalue weighted by molar-refractivity contribution is 0.411. The van der Waals surface area contributed by atoms with Crippen molar-refractivity contribution in [2.75, 3.05) is 7.11 Å². The third kappa shape index (κ3) is 2.60. The fourth-order valence-electron chi connectivity index (χ4n) is 2.75. The molecule has 17 heavy (non-hydrogen) atoms. The Morgan fingerprint density at radius 3 is 2.76 bits per heavy atom. The number of methoxy groups -OCH3 is 1. The minimum Gasteiger partial charge on any atom is -0.497 e. The molecule has 1 aromatic rings. The van der Waals surface area contributed by atoms with Crippen LogP contribution in [0.4, 0.5) is 0 Å². The standard InChI is InChI=1S/C15H21ClO/c1-10(2)15(16)14-6-4-5-11-9-12(17-3)7-8-13(11)14/h7-10,14-15H,4-6H2,1-3H3. The quantitative estimate of drug-likeness (QED) is 0.726. The lowest BCUT2D eigenvalue weighted by Gasteiger charge is -2.31. The summed E-state index contributed by atoms with van der Waals surface area (Å²) in [6.45, 7) is 4.41. The van der Waals surface area contributed by atoms with Gasteiger partial charge in [-0.25, -0.2) is 0 Å². The van der Waals surface area contributed by atoms with Gasteiger partial charge in [0.25, 0.3) is 0 Å². The molecule has 0 heterocycles. The molecule has 0 fully saturated rings. The van der Waals surface area contributed by atoms with Crippen LogP contribution in [0.1, 0.15) is 43.7 Å². The van der Waals surface area contributed by atoms with Gasteiger partial charge in [-0.3, -0.25) is 0 Å². The van der Waals surface area contributed by atoms with Crippen molar-refractivity contribution < 1.29 is 4.74 Å². The van der Waals surface area contributed by atoms with Crippen LogP contribution in [-0.2, 0) is 6.42 Å². The van der Waals surface area contributed by atoms with Crippen LogP contribution in [0.15, 0.2) is 18.2 Å². The normalized spacial score (nSPS) is 21.1. The topological polar surface area (TPSA) is 9.23 Å². The molecule has 1 nitrogen and oxygen atoms in total. The molecule has 0 aliphatic heterocycles. The maximum atomic E-state index is 6.56. The Morgan fingerprint density at radius 2 is 2.12 bits per heavy atom. The first-order valence-corrected chi connectivity index (χ1v) is 6.88. The molecule has 0 radical (unpaired) electrons. The SMILES string of the molecule is COc1ccc2c(c1)CCCC2C(Cl)C(C)C. The van der Waals surface area contributed by atoms with E-state index in [1.54, 1.807) is 7.11 Å². The summed E-state index contributed by atoms with van der Waals surface area (Å²) in [7, 11) is 1.72. The zero-order valence-corrected chi connectivity index (χ0v) is 11.6. The molecule has 1 aliphatic rings. The van der Waals surface area contributed by atoms with Crippen LogP contribution in [-0.4, -0.2) is 12.5 Å². The summed E-state index contributed by atoms with van der Waals surface area (Å²) in [5, 5.41) is 0.238. The van der Waals surface area contributed by atoms with Gasteiger partial charge in [-0.05, 0) is 48.4 Å². The van der Waals surface area contributed by atoms with Crippen molar-refractivity contribution in [1.82, 2.24) is 0 Å². The van der Waals surface area contributed by atoms with E-state index in [2.05, 4.69) is 32.0 Å². The maximum Gasteiger partial charge on any atom is 0.119 e. The Balaban J connectivity index is 2.31. The van der Waals surface area contributed by atoms with Crippen molar-refractivity contribution in [3.05, 3.63) is 29.3 Å². The number of fused-ring (bicyclic) bond motifs is 1. The minimum absolute atomic E-state index is 0.238. The van der Waals surface area contributed by atoms with E-state index in [-0.39, 0.29) is 5.38 Å². The van der Waals surface area contributed by atoms with Gasteiger partial charge >= 0.3 is 0 Å². The molecule has 94 valence electrons. The van der Waals surface area contributed by atoms with Crippen LogP contribution in [0.5, 0.6) is 5.75 Å². The number of benzene rings is 1. The summed E-state index contributed by atoms with van der Waals surface area (Å²) in [6, 6.07) is 6.43. The van der Waals surface area contributed by atoms with Crippen molar-refractivity contribution in [3.63, 3.8) is 0 Å². The molecule has 0 aromatic heterocycles. The number of ether oxygens (including phenoxy) is 1. The predicted molar refractivity (Wildman–Crippen MR) is 73.2 cm³/mol. The highest BCUT2D eigenvalue weighted by Gasteiger charge is 2.28. The molecular formula is C15H21ClO. The van der Waals surface area contributed by atoms with Crippen molar-refractivity contribution in [1.29, 1.82) is 0 Å². The van der Waals surface area contributed by atoms with E-state index < -0.39 is 0 Å². The fourth-order valence-corrected chi connectivity index (χ4v) is 3.01. The zero-order chi connectivity index (χ0) is 12.4. The third-order valence-corrected chi connectivity index (χ3v) is 4.54. The van der Waals surface area contributed by atoms with Crippen LogP contribution in [0.2, 0.25) is 0 Å². The fraction of sp³-hybridized carbons (Fsp3) is 0.600. The van der Waals surface area contributed by atoms with Gasteiger partial charge in [-0.15, -0.1) is 11.6 Å². The van der Waals surface area contributed by atoms with Crippen molar-refractivity contribution >= 4 is 11.6 Å². The Morgan fingerprint density at radius 1 is 1.35 bits per heavy atom. The second kappa shape index (κ2) is 5.30. The molecule has 0 amide bonds. The first kappa shape index (κ1) is 12.8. The van der Waals surface area contributed by atoms with E-state index in [4.69, 9.17) is 16.3 Å². The van der Waals surface area contributed by atoms with Crippen LogP contribution in [0.25, 0.3) is 0 Å². The number of aryl methyl sites for hydroxylation is 1. The van der Waals surface area contributed by atoms with Gasteiger partial charge in [-0.2, -0.15) is 0 Å². The second-order valence-corrected chi connectivity index (χ2v) is 5.76. The Kier molecular flexibility index (Phi) is 3.98. The summed E-state index contributed by atoms with van der Waals surface area (Å²) in [5.41, 5.74) is 2.86. The smallest absolute Gasteiger partial charge is 0.119 e. The molecule has 2 atom stereocenters.